The third kappa shape index (κ3) is 6.61. The van der Waals surface area contributed by atoms with Crippen molar-refractivity contribution >= 4 is 17.6 Å². The van der Waals surface area contributed by atoms with Gasteiger partial charge in [0.2, 0.25) is 0 Å². The van der Waals surface area contributed by atoms with E-state index >= 15 is 0 Å². The number of hydrogen-bond donors (Lipinski definition) is 6. The molecule has 0 radical (unpaired) electrons. The highest BCUT2D eigenvalue weighted by atomic mass is 16.5. The molecular weight excluding hydrogens is 450 g/mol. The van der Waals surface area contributed by atoms with Crippen LogP contribution in [0.4, 0.5) is 5.69 Å². The second kappa shape index (κ2) is 11.7. The van der Waals surface area contributed by atoms with Gasteiger partial charge in [0.05, 0.1) is 17.8 Å². The van der Waals surface area contributed by atoms with Crippen LogP contribution in [-0.4, -0.2) is 69.6 Å². The van der Waals surface area contributed by atoms with Gasteiger partial charge < -0.3 is 31.3 Å². The summed E-state index contributed by atoms with van der Waals surface area (Å²) in [6.07, 6.45) is 3.92. The molecule has 1 aromatic carbocycles. The van der Waals surface area contributed by atoms with E-state index in [1.807, 2.05) is 6.07 Å². The number of carbonyl (C=O) groups excluding carboxylic acids is 1. The smallest absolute Gasteiger partial charge is 0.307 e. The standard InChI is InChI=1S/C25H33N5O5/c31-23(22-14-28-19(13-29-22)10-21(25(34)35)17-5-7-27-12-17)30-18-3-1-2-15(8-18)9-20(24(32)33)16-4-6-26-11-16/h1-3,8,13-14,16-17,20-21,25-27,34-35H,4-7,9-12H2,(H,30,31)(H,32,33)/t16-,17-,20-,21-/m0/s1. The largest absolute Gasteiger partial charge is 0.481 e. The molecule has 188 valence electrons. The highest BCUT2D eigenvalue weighted by Gasteiger charge is 2.31. The number of aliphatic carboxylic acids is 1. The molecule has 4 rings (SSSR count). The Balaban J connectivity index is 1.37. The number of benzene rings is 1. The summed E-state index contributed by atoms with van der Waals surface area (Å²) in [5, 5.41) is 38.5. The zero-order valence-electron chi connectivity index (χ0n) is 19.6. The predicted molar refractivity (Wildman–Crippen MR) is 129 cm³/mol. The fraction of sp³-hybridized carbons (Fsp3) is 0.520. The minimum atomic E-state index is -1.44. The fourth-order valence-electron chi connectivity index (χ4n) is 5.08. The molecule has 3 heterocycles. The molecule has 0 aliphatic carbocycles. The van der Waals surface area contributed by atoms with Crippen LogP contribution in [0.2, 0.25) is 0 Å². The van der Waals surface area contributed by atoms with Crippen molar-refractivity contribution in [3.8, 4) is 0 Å². The minimum Gasteiger partial charge on any atom is -0.481 e. The van der Waals surface area contributed by atoms with Gasteiger partial charge in [-0.15, -0.1) is 0 Å². The van der Waals surface area contributed by atoms with Crippen LogP contribution in [-0.2, 0) is 17.6 Å². The normalized spacial score (nSPS) is 21.7. The average molecular weight is 484 g/mol. The Hall–Kier alpha value is -2.92. The molecule has 0 saturated carbocycles. The summed E-state index contributed by atoms with van der Waals surface area (Å²) >= 11 is 0. The van der Waals surface area contributed by atoms with Crippen LogP contribution in [0.15, 0.2) is 36.7 Å². The number of aromatic nitrogens is 2. The van der Waals surface area contributed by atoms with Gasteiger partial charge in [-0.2, -0.15) is 0 Å². The molecule has 35 heavy (non-hydrogen) atoms. The van der Waals surface area contributed by atoms with E-state index in [1.165, 1.54) is 12.4 Å². The van der Waals surface area contributed by atoms with E-state index < -0.39 is 24.1 Å². The van der Waals surface area contributed by atoms with E-state index in [0.29, 0.717) is 30.8 Å². The van der Waals surface area contributed by atoms with E-state index in [1.54, 1.807) is 18.2 Å². The SMILES string of the molecule is O=C(Nc1cccc(C[C@H](C(=O)O)[C@H]2CCNC2)c1)c1cnc(C[C@H](C(O)O)[C@H]2CCNC2)cn1. The van der Waals surface area contributed by atoms with Crippen molar-refractivity contribution < 1.29 is 24.9 Å². The van der Waals surface area contributed by atoms with Crippen LogP contribution >= 0.6 is 0 Å². The summed E-state index contributed by atoms with van der Waals surface area (Å²) in [6, 6.07) is 7.21. The first kappa shape index (κ1) is 25.2. The van der Waals surface area contributed by atoms with Gasteiger partial charge in [0.1, 0.15) is 5.69 Å². The van der Waals surface area contributed by atoms with Crippen LogP contribution in [0, 0.1) is 23.7 Å². The molecule has 10 nitrogen and oxygen atoms in total. The maximum atomic E-state index is 12.7. The van der Waals surface area contributed by atoms with Crippen LogP contribution in [0.3, 0.4) is 0 Å². The first-order valence-electron chi connectivity index (χ1n) is 12.1. The Labute approximate surface area is 204 Å². The number of carbonyl (C=O) groups is 2. The molecule has 10 heteroatoms. The molecule has 0 bridgehead atoms. The second-order valence-corrected chi connectivity index (χ2v) is 9.48. The molecule has 2 aliphatic heterocycles. The molecule has 0 unspecified atom stereocenters. The van der Waals surface area contributed by atoms with Crippen molar-refractivity contribution in [2.45, 2.75) is 32.0 Å². The zero-order chi connectivity index (χ0) is 24.8. The van der Waals surface area contributed by atoms with Crippen molar-refractivity contribution in [1.29, 1.82) is 0 Å². The summed E-state index contributed by atoms with van der Waals surface area (Å²) in [4.78, 5) is 33.1. The van der Waals surface area contributed by atoms with Crippen LogP contribution in [0.25, 0.3) is 0 Å². The van der Waals surface area contributed by atoms with Crippen LogP contribution in [0.1, 0.15) is 34.6 Å². The van der Waals surface area contributed by atoms with E-state index in [0.717, 1.165) is 38.0 Å². The topological polar surface area (TPSA) is 157 Å². The lowest BCUT2D eigenvalue weighted by Gasteiger charge is -2.24. The van der Waals surface area contributed by atoms with Gasteiger partial charge in [-0.3, -0.25) is 14.6 Å². The number of carboxylic acids is 1. The highest BCUT2D eigenvalue weighted by Crippen LogP contribution is 2.26. The number of anilines is 1. The first-order valence-corrected chi connectivity index (χ1v) is 12.1. The number of amides is 1. The Morgan fingerprint density at radius 1 is 1.03 bits per heavy atom. The Bertz CT molecular complexity index is 1000. The third-order valence-corrected chi connectivity index (χ3v) is 7.09. The van der Waals surface area contributed by atoms with E-state index in [9.17, 15) is 24.9 Å². The van der Waals surface area contributed by atoms with Gasteiger partial charge in [0.25, 0.3) is 5.91 Å². The maximum Gasteiger partial charge on any atom is 0.307 e. The Kier molecular flexibility index (Phi) is 8.40. The van der Waals surface area contributed by atoms with Gasteiger partial charge >= 0.3 is 5.97 Å². The summed E-state index contributed by atoms with van der Waals surface area (Å²) in [6.45, 7) is 3.13. The Morgan fingerprint density at radius 3 is 2.37 bits per heavy atom. The molecule has 0 spiro atoms. The van der Waals surface area contributed by atoms with Gasteiger partial charge in [0, 0.05) is 17.8 Å². The number of nitrogens with zero attached hydrogens (tertiary/aromatic N) is 2. The number of rotatable bonds is 10. The molecule has 1 amide bonds. The lowest BCUT2D eigenvalue weighted by atomic mass is 9.86. The number of aliphatic hydroxyl groups excluding tert-OH is 1. The molecule has 4 atom stereocenters. The zero-order valence-corrected chi connectivity index (χ0v) is 19.6. The lowest BCUT2D eigenvalue weighted by Crippen LogP contribution is -2.31. The molecule has 2 fully saturated rings. The lowest BCUT2D eigenvalue weighted by molar-refractivity contribution is -0.143. The number of carboxylic acid groups (broad SMARTS) is 1. The number of hydrogen-bond acceptors (Lipinski definition) is 8. The molecule has 1 aromatic heterocycles. The summed E-state index contributed by atoms with van der Waals surface area (Å²) < 4.78 is 0. The quantitative estimate of drug-likeness (QED) is 0.267. The Morgan fingerprint density at radius 2 is 1.77 bits per heavy atom. The van der Waals surface area contributed by atoms with Crippen molar-refractivity contribution in [2.75, 3.05) is 31.5 Å². The van der Waals surface area contributed by atoms with Crippen molar-refractivity contribution in [3.05, 3.63) is 53.6 Å². The van der Waals surface area contributed by atoms with E-state index in [-0.39, 0.29) is 23.4 Å². The monoisotopic (exact) mass is 483 g/mol. The maximum absolute atomic E-state index is 12.7. The van der Waals surface area contributed by atoms with Gasteiger partial charge in [-0.25, -0.2) is 4.98 Å². The van der Waals surface area contributed by atoms with Crippen molar-refractivity contribution in [1.82, 2.24) is 20.6 Å². The van der Waals surface area contributed by atoms with Gasteiger partial charge in [-0.1, -0.05) is 12.1 Å². The second-order valence-electron chi connectivity index (χ2n) is 9.48. The fourth-order valence-corrected chi connectivity index (χ4v) is 5.08. The number of nitrogens with one attached hydrogen (secondary N) is 3. The van der Waals surface area contributed by atoms with E-state index in [2.05, 4.69) is 25.9 Å². The minimum absolute atomic E-state index is 0.0935. The third-order valence-electron chi connectivity index (χ3n) is 7.09. The summed E-state index contributed by atoms with van der Waals surface area (Å²) in [5.74, 6) is -1.81. The highest BCUT2D eigenvalue weighted by molar-refractivity contribution is 6.02. The first-order chi connectivity index (χ1) is 16.9. The van der Waals surface area contributed by atoms with Crippen LogP contribution < -0.4 is 16.0 Å². The molecule has 2 aliphatic rings. The average Bonchev–Trinajstić information content (AvgIpc) is 3.56. The molecular formula is C25H33N5O5. The van der Waals surface area contributed by atoms with E-state index in [4.69, 9.17) is 0 Å². The van der Waals surface area contributed by atoms with Gasteiger partial charge in [0.15, 0.2) is 6.29 Å². The molecule has 6 N–H and O–H groups in total. The predicted octanol–water partition coefficient (Wildman–Crippen LogP) is 0.661. The summed E-state index contributed by atoms with van der Waals surface area (Å²) in [5.41, 5.74) is 2.14. The van der Waals surface area contributed by atoms with Crippen molar-refractivity contribution in [3.63, 3.8) is 0 Å². The molecule has 2 saturated heterocycles. The number of aliphatic hydroxyl groups is 2. The van der Waals surface area contributed by atoms with Gasteiger partial charge in [-0.05, 0) is 81.4 Å². The summed E-state index contributed by atoms with van der Waals surface area (Å²) in [7, 11) is 0. The van der Waals surface area contributed by atoms with Crippen LogP contribution in [0.5, 0.6) is 0 Å². The van der Waals surface area contributed by atoms with Crippen molar-refractivity contribution in [2.24, 2.45) is 23.7 Å². The molecule has 2 aromatic rings.